The van der Waals surface area contributed by atoms with Crippen LogP contribution < -0.4 is 5.73 Å². The number of nitrogen functional groups attached to an aromatic ring is 1. The van der Waals surface area contributed by atoms with Crippen molar-refractivity contribution in [1.82, 2.24) is 4.98 Å². The summed E-state index contributed by atoms with van der Waals surface area (Å²) < 4.78 is 0. The first-order chi connectivity index (χ1) is 8.77. The van der Waals surface area contributed by atoms with Crippen LogP contribution in [0.1, 0.15) is 28.4 Å². The summed E-state index contributed by atoms with van der Waals surface area (Å²) in [6.45, 7) is 0. The van der Waals surface area contributed by atoms with E-state index in [0.29, 0.717) is 17.3 Å². The van der Waals surface area contributed by atoms with Crippen molar-refractivity contribution in [3.05, 3.63) is 59.9 Å². The average molecular weight is 238 g/mol. The van der Waals surface area contributed by atoms with Gasteiger partial charge in [-0.1, -0.05) is 30.3 Å². The lowest BCUT2D eigenvalue weighted by Gasteiger charge is -2.03. The van der Waals surface area contributed by atoms with E-state index in [2.05, 4.69) is 17.1 Å². The van der Waals surface area contributed by atoms with Crippen LogP contribution in [0.5, 0.6) is 0 Å². The fourth-order valence-corrected chi connectivity index (χ4v) is 2.35. The number of nitrogens with zero attached hydrogens (tertiary/aromatic N) is 1. The number of rotatable bonds is 3. The Labute approximate surface area is 106 Å². The molecule has 2 unspecified atom stereocenters. The van der Waals surface area contributed by atoms with Crippen molar-refractivity contribution in [1.29, 1.82) is 0 Å². The fourth-order valence-electron chi connectivity index (χ4n) is 2.35. The number of ketones is 1. The summed E-state index contributed by atoms with van der Waals surface area (Å²) in [4.78, 5) is 16.4. The number of carbonyl (C=O) groups is 1. The first-order valence-corrected chi connectivity index (χ1v) is 6.07. The Morgan fingerprint density at radius 2 is 1.94 bits per heavy atom. The highest BCUT2D eigenvalue weighted by molar-refractivity contribution is 6.02. The van der Waals surface area contributed by atoms with E-state index in [-0.39, 0.29) is 11.7 Å². The van der Waals surface area contributed by atoms with Crippen LogP contribution in [0.2, 0.25) is 0 Å². The van der Waals surface area contributed by atoms with Gasteiger partial charge in [0.25, 0.3) is 0 Å². The Morgan fingerprint density at radius 1 is 1.17 bits per heavy atom. The summed E-state index contributed by atoms with van der Waals surface area (Å²) in [7, 11) is 0. The normalized spacial score (nSPS) is 21.6. The van der Waals surface area contributed by atoms with Gasteiger partial charge in [-0.3, -0.25) is 9.78 Å². The van der Waals surface area contributed by atoms with Crippen molar-refractivity contribution >= 4 is 11.5 Å². The van der Waals surface area contributed by atoms with Crippen molar-refractivity contribution in [2.45, 2.75) is 12.3 Å². The number of aromatic nitrogens is 1. The molecular weight excluding hydrogens is 224 g/mol. The van der Waals surface area contributed by atoms with E-state index in [1.807, 2.05) is 18.2 Å². The summed E-state index contributed by atoms with van der Waals surface area (Å²) in [6.07, 6.45) is 2.52. The van der Waals surface area contributed by atoms with Gasteiger partial charge in [0.15, 0.2) is 5.78 Å². The largest absolute Gasteiger partial charge is 0.397 e. The van der Waals surface area contributed by atoms with Gasteiger partial charge in [-0.2, -0.15) is 0 Å². The molecule has 3 nitrogen and oxygen atoms in total. The SMILES string of the molecule is Nc1cccnc1C(=O)C1CC1c1ccccc1. The maximum Gasteiger partial charge on any atom is 0.186 e. The van der Waals surface area contributed by atoms with E-state index in [4.69, 9.17) is 5.73 Å². The van der Waals surface area contributed by atoms with Crippen LogP contribution in [0.4, 0.5) is 5.69 Å². The number of benzene rings is 1. The van der Waals surface area contributed by atoms with E-state index in [9.17, 15) is 4.79 Å². The monoisotopic (exact) mass is 238 g/mol. The number of hydrogen-bond acceptors (Lipinski definition) is 3. The van der Waals surface area contributed by atoms with E-state index in [1.165, 1.54) is 5.56 Å². The highest BCUT2D eigenvalue weighted by Gasteiger charge is 2.44. The zero-order valence-electron chi connectivity index (χ0n) is 9.91. The quantitative estimate of drug-likeness (QED) is 0.836. The lowest BCUT2D eigenvalue weighted by Crippen LogP contribution is -2.09. The maximum absolute atomic E-state index is 12.3. The standard InChI is InChI=1S/C15H14N2O/c16-13-7-4-8-17-14(13)15(18)12-9-11(12)10-5-2-1-3-6-10/h1-8,11-12H,9,16H2. The van der Waals surface area contributed by atoms with Gasteiger partial charge in [0.2, 0.25) is 0 Å². The van der Waals surface area contributed by atoms with Gasteiger partial charge in [0.05, 0.1) is 5.69 Å². The highest BCUT2D eigenvalue weighted by atomic mass is 16.1. The number of Topliss-reactive ketones (excluding diaryl/α,β-unsaturated/α-hetero) is 1. The molecule has 18 heavy (non-hydrogen) atoms. The maximum atomic E-state index is 12.3. The van der Waals surface area contributed by atoms with Crippen LogP contribution in [0, 0.1) is 5.92 Å². The first-order valence-electron chi connectivity index (χ1n) is 6.07. The zero-order chi connectivity index (χ0) is 12.5. The van der Waals surface area contributed by atoms with Crippen LogP contribution in [-0.2, 0) is 0 Å². The summed E-state index contributed by atoms with van der Waals surface area (Å²) >= 11 is 0. The lowest BCUT2D eigenvalue weighted by molar-refractivity contribution is 0.0961. The average Bonchev–Trinajstić information content (AvgIpc) is 3.20. The van der Waals surface area contributed by atoms with Crippen molar-refractivity contribution in [3.63, 3.8) is 0 Å². The van der Waals surface area contributed by atoms with Gasteiger partial charge in [0.1, 0.15) is 5.69 Å². The van der Waals surface area contributed by atoms with E-state index in [1.54, 1.807) is 18.3 Å². The minimum absolute atomic E-state index is 0.0459. The molecular formula is C15H14N2O. The second-order valence-corrected chi connectivity index (χ2v) is 4.66. The van der Waals surface area contributed by atoms with Crippen LogP contribution >= 0.6 is 0 Å². The second-order valence-electron chi connectivity index (χ2n) is 4.66. The summed E-state index contributed by atoms with van der Waals surface area (Å²) in [5.41, 5.74) is 7.91. The molecule has 0 radical (unpaired) electrons. The topological polar surface area (TPSA) is 56.0 Å². The molecule has 1 fully saturated rings. The molecule has 0 amide bonds. The number of carbonyl (C=O) groups excluding carboxylic acids is 1. The Balaban J connectivity index is 1.80. The number of anilines is 1. The molecule has 2 atom stereocenters. The molecule has 0 aliphatic heterocycles. The Kier molecular flexibility index (Phi) is 2.59. The molecule has 1 aliphatic carbocycles. The summed E-state index contributed by atoms with van der Waals surface area (Å²) in [5, 5.41) is 0. The molecule has 1 saturated carbocycles. The molecule has 1 aromatic carbocycles. The third-order valence-corrected chi connectivity index (χ3v) is 3.43. The molecule has 1 aromatic heterocycles. The molecule has 3 rings (SSSR count). The smallest absolute Gasteiger partial charge is 0.186 e. The Hall–Kier alpha value is -2.16. The van der Waals surface area contributed by atoms with E-state index < -0.39 is 0 Å². The van der Waals surface area contributed by atoms with Crippen molar-refractivity contribution in [2.24, 2.45) is 5.92 Å². The molecule has 1 aliphatic rings. The van der Waals surface area contributed by atoms with Gasteiger partial charge < -0.3 is 5.73 Å². The number of pyridine rings is 1. The van der Waals surface area contributed by atoms with Crippen LogP contribution in [0.3, 0.4) is 0 Å². The van der Waals surface area contributed by atoms with Gasteiger partial charge in [-0.25, -0.2) is 0 Å². The lowest BCUT2D eigenvalue weighted by atomic mass is 10.1. The molecule has 0 saturated heterocycles. The highest BCUT2D eigenvalue weighted by Crippen LogP contribution is 2.49. The predicted octanol–water partition coefficient (Wildman–Crippen LogP) is 2.65. The summed E-state index contributed by atoms with van der Waals surface area (Å²) in [5.74, 6) is 0.451. The second kappa shape index (κ2) is 4.26. The minimum atomic E-state index is 0.0459. The van der Waals surface area contributed by atoms with Gasteiger partial charge in [-0.15, -0.1) is 0 Å². The molecule has 2 aromatic rings. The Morgan fingerprint density at radius 3 is 2.67 bits per heavy atom. The molecule has 3 heteroatoms. The van der Waals surface area contributed by atoms with Crippen LogP contribution in [0.25, 0.3) is 0 Å². The van der Waals surface area contributed by atoms with Crippen molar-refractivity contribution < 1.29 is 4.79 Å². The molecule has 0 spiro atoms. The predicted molar refractivity (Wildman–Crippen MR) is 70.3 cm³/mol. The van der Waals surface area contributed by atoms with Crippen molar-refractivity contribution in [2.75, 3.05) is 5.73 Å². The van der Waals surface area contributed by atoms with Gasteiger partial charge in [-0.05, 0) is 30.0 Å². The summed E-state index contributed by atoms with van der Waals surface area (Å²) in [6, 6.07) is 13.6. The Bertz CT molecular complexity index is 580. The fraction of sp³-hybridized carbons (Fsp3) is 0.200. The first kappa shape index (κ1) is 11.0. The molecule has 90 valence electrons. The van der Waals surface area contributed by atoms with Crippen LogP contribution in [0.15, 0.2) is 48.7 Å². The van der Waals surface area contributed by atoms with Crippen LogP contribution in [-0.4, -0.2) is 10.8 Å². The third kappa shape index (κ3) is 1.88. The zero-order valence-corrected chi connectivity index (χ0v) is 9.91. The van der Waals surface area contributed by atoms with Gasteiger partial charge in [0, 0.05) is 12.1 Å². The van der Waals surface area contributed by atoms with Crippen molar-refractivity contribution in [3.8, 4) is 0 Å². The van der Waals surface area contributed by atoms with E-state index in [0.717, 1.165) is 6.42 Å². The van der Waals surface area contributed by atoms with E-state index >= 15 is 0 Å². The molecule has 2 N–H and O–H groups in total. The third-order valence-electron chi connectivity index (χ3n) is 3.43. The number of hydrogen-bond donors (Lipinski definition) is 1. The molecule has 1 heterocycles. The molecule has 0 bridgehead atoms. The number of nitrogens with two attached hydrogens (primary N) is 1. The minimum Gasteiger partial charge on any atom is -0.397 e. The van der Waals surface area contributed by atoms with Gasteiger partial charge >= 0.3 is 0 Å².